The first-order valence-corrected chi connectivity index (χ1v) is 8.45. The van der Waals surface area contributed by atoms with Crippen LogP contribution in [0.3, 0.4) is 0 Å². The lowest BCUT2D eigenvalue weighted by molar-refractivity contribution is -0.146. The number of nitrogens with zero attached hydrogens (tertiary/aromatic N) is 1. The minimum Gasteiger partial charge on any atom is -0.469 e. The van der Waals surface area contributed by atoms with Crippen molar-refractivity contribution in [2.45, 2.75) is 43.7 Å². The van der Waals surface area contributed by atoms with Crippen molar-refractivity contribution in [2.75, 3.05) is 7.11 Å². The third kappa shape index (κ3) is 5.17. The van der Waals surface area contributed by atoms with E-state index in [-0.39, 0.29) is 29.8 Å². The smallest absolute Gasteiger partial charge is 0.416 e. The summed E-state index contributed by atoms with van der Waals surface area (Å²) in [7, 11) is 1.35. The van der Waals surface area contributed by atoms with Crippen LogP contribution in [0.4, 0.5) is 13.2 Å². The second kappa shape index (κ2) is 8.17. The van der Waals surface area contributed by atoms with Gasteiger partial charge in [-0.2, -0.15) is 13.2 Å². The van der Waals surface area contributed by atoms with Crippen molar-refractivity contribution in [3.63, 3.8) is 0 Å². The number of hydrogen-bond donors (Lipinski definition) is 0. The minimum absolute atomic E-state index is 0.0143. The van der Waals surface area contributed by atoms with Gasteiger partial charge in [0.05, 0.1) is 24.0 Å². The molecule has 0 spiro atoms. The summed E-state index contributed by atoms with van der Waals surface area (Å²) < 4.78 is 43.0. The van der Waals surface area contributed by atoms with Gasteiger partial charge in [-0.05, 0) is 44.1 Å². The molecule has 0 bridgehead atoms. The summed E-state index contributed by atoms with van der Waals surface area (Å²) in [6.07, 6.45) is 1.26. The predicted octanol–water partition coefficient (Wildman–Crippen LogP) is 3.99. The van der Waals surface area contributed by atoms with Gasteiger partial charge >= 0.3 is 12.1 Å². The van der Waals surface area contributed by atoms with Crippen LogP contribution in [-0.2, 0) is 14.3 Å². The maximum absolute atomic E-state index is 12.8. The van der Waals surface area contributed by atoms with E-state index in [1.807, 2.05) is 0 Å². The Labute approximate surface area is 148 Å². The number of esters is 1. The number of ether oxygens (including phenoxy) is 1. The summed E-state index contributed by atoms with van der Waals surface area (Å²) in [6, 6.07) is 0. The standard InChI is InChI=1S/C17H19ClF3NO3/c1-25-16(24)11-4-2-10(3-5-11)9-22-15(23)13-8-12(17(19,20)21)6-7-14(13)18/h6,8-11,14H,2-5,7H2,1H3. The Morgan fingerprint density at radius 2 is 1.92 bits per heavy atom. The molecule has 0 heterocycles. The van der Waals surface area contributed by atoms with Gasteiger partial charge in [0.1, 0.15) is 0 Å². The second-order valence-corrected chi connectivity index (χ2v) is 6.71. The van der Waals surface area contributed by atoms with Crippen molar-refractivity contribution >= 4 is 29.7 Å². The zero-order valence-corrected chi connectivity index (χ0v) is 14.4. The van der Waals surface area contributed by atoms with E-state index in [2.05, 4.69) is 4.99 Å². The van der Waals surface area contributed by atoms with Crippen LogP contribution in [0.5, 0.6) is 0 Å². The van der Waals surface area contributed by atoms with Crippen molar-refractivity contribution in [1.29, 1.82) is 0 Å². The number of halogens is 4. The van der Waals surface area contributed by atoms with E-state index in [0.29, 0.717) is 25.7 Å². The molecule has 1 amide bonds. The fourth-order valence-electron chi connectivity index (χ4n) is 2.99. The summed E-state index contributed by atoms with van der Waals surface area (Å²) >= 11 is 5.96. The molecule has 0 radical (unpaired) electrons. The summed E-state index contributed by atoms with van der Waals surface area (Å²) in [5, 5.41) is -0.814. The van der Waals surface area contributed by atoms with Crippen LogP contribution < -0.4 is 0 Å². The van der Waals surface area contributed by atoms with Crippen LogP contribution in [-0.4, -0.2) is 36.8 Å². The normalized spacial score (nSPS) is 27.6. The van der Waals surface area contributed by atoms with Gasteiger partial charge in [-0.1, -0.05) is 6.08 Å². The van der Waals surface area contributed by atoms with Gasteiger partial charge in [0.25, 0.3) is 5.91 Å². The van der Waals surface area contributed by atoms with E-state index in [4.69, 9.17) is 16.3 Å². The molecule has 2 rings (SSSR count). The third-order valence-electron chi connectivity index (χ3n) is 4.48. The molecule has 0 aliphatic heterocycles. The fraction of sp³-hybridized carbons (Fsp3) is 0.588. The number of allylic oxidation sites excluding steroid dienone is 3. The number of amides is 1. The summed E-state index contributed by atoms with van der Waals surface area (Å²) in [5.41, 5.74) is -1.02. The van der Waals surface area contributed by atoms with E-state index in [9.17, 15) is 22.8 Å². The van der Waals surface area contributed by atoms with Crippen molar-refractivity contribution in [2.24, 2.45) is 16.8 Å². The molecule has 1 fully saturated rings. The highest BCUT2D eigenvalue weighted by Gasteiger charge is 2.36. The number of alkyl halides is 4. The molecule has 0 aromatic carbocycles. The highest BCUT2D eigenvalue weighted by atomic mass is 35.5. The second-order valence-electron chi connectivity index (χ2n) is 6.18. The summed E-state index contributed by atoms with van der Waals surface area (Å²) in [6.45, 7) is 0. The fourth-order valence-corrected chi connectivity index (χ4v) is 3.23. The molecule has 0 aromatic heterocycles. The third-order valence-corrected chi connectivity index (χ3v) is 4.89. The average Bonchev–Trinajstić information content (AvgIpc) is 2.58. The molecule has 2 aliphatic carbocycles. The van der Waals surface area contributed by atoms with E-state index < -0.39 is 23.0 Å². The van der Waals surface area contributed by atoms with E-state index in [1.165, 1.54) is 13.3 Å². The molecule has 25 heavy (non-hydrogen) atoms. The number of aliphatic imine (C=N–C) groups is 1. The maximum atomic E-state index is 12.8. The van der Waals surface area contributed by atoms with Gasteiger partial charge in [-0.15, -0.1) is 11.6 Å². The van der Waals surface area contributed by atoms with Crippen LogP contribution >= 0.6 is 11.6 Å². The molecule has 4 nitrogen and oxygen atoms in total. The van der Waals surface area contributed by atoms with Crippen LogP contribution in [0.2, 0.25) is 0 Å². The van der Waals surface area contributed by atoms with Gasteiger partial charge in [0, 0.05) is 11.8 Å². The highest BCUT2D eigenvalue weighted by molar-refractivity contribution is 6.26. The largest absolute Gasteiger partial charge is 0.469 e. The molecule has 1 atom stereocenters. The maximum Gasteiger partial charge on any atom is 0.416 e. The van der Waals surface area contributed by atoms with Crippen molar-refractivity contribution < 1.29 is 27.5 Å². The molecular formula is C17H19ClF3NO3. The van der Waals surface area contributed by atoms with E-state index in [0.717, 1.165) is 12.2 Å². The number of hydrogen-bond acceptors (Lipinski definition) is 3. The molecule has 138 valence electrons. The Morgan fingerprint density at radius 1 is 1.28 bits per heavy atom. The Bertz CT molecular complexity index is 617. The minimum atomic E-state index is -4.52. The van der Waals surface area contributed by atoms with Crippen molar-refractivity contribution in [3.8, 4) is 0 Å². The quantitative estimate of drug-likeness (QED) is 0.424. The van der Waals surface area contributed by atoms with Gasteiger partial charge in [0.2, 0.25) is 0 Å². The number of rotatable bonds is 3. The molecule has 1 unspecified atom stereocenters. The van der Waals surface area contributed by atoms with Gasteiger partial charge in [-0.25, -0.2) is 4.99 Å². The van der Waals surface area contributed by atoms with Crippen LogP contribution in [0, 0.1) is 11.8 Å². The molecule has 2 aliphatic rings. The average molecular weight is 378 g/mol. The number of methoxy groups -OCH3 is 1. The molecule has 1 saturated carbocycles. The first-order valence-electron chi connectivity index (χ1n) is 8.01. The predicted molar refractivity (Wildman–Crippen MR) is 87.4 cm³/mol. The molecule has 0 saturated heterocycles. The van der Waals surface area contributed by atoms with E-state index >= 15 is 0 Å². The summed E-state index contributed by atoms with van der Waals surface area (Å²) in [5.74, 6) is -1.11. The van der Waals surface area contributed by atoms with Crippen LogP contribution in [0.1, 0.15) is 32.1 Å². The molecule has 0 aromatic rings. The van der Waals surface area contributed by atoms with E-state index in [1.54, 1.807) is 0 Å². The summed E-state index contributed by atoms with van der Waals surface area (Å²) in [4.78, 5) is 27.4. The lowest BCUT2D eigenvalue weighted by Gasteiger charge is -2.24. The van der Waals surface area contributed by atoms with Gasteiger partial charge in [0.15, 0.2) is 0 Å². The Kier molecular flexibility index (Phi) is 6.43. The molecule has 8 heteroatoms. The number of carbonyl (C=O) groups excluding carboxylic acids is 2. The van der Waals surface area contributed by atoms with Crippen molar-refractivity contribution in [3.05, 3.63) is 23.3 Å². The molecule has 0 N–H and O–H groups in total. The first kappa shape index (κ1) is 19.7. The monoisotopic (exact) mass is 377 g/mol. The zero-order valence-electron chi connectivity index (χ0n) is 13.7. The molecular weight excluding hydrogens is 359 g/mol. The van der Waals surface area contributed by atoms with Gasteiger partial charge < -0.3 is 4.74 Å². The lowest BCUT2D eigenvalue weighted by atomic mass is 9.82. The first-order chi connectivity index (χ1) is 11.7. The Balaban J connectivity index is 1.97. The van der Waals surface area contributed by atoms with Gasteiger partial charge in [-0.3, -0.25) is 9.59 Å². The van der Waals surface area contributed by atoms with Crippen molar-refractivity contribution in [1.82, 2.24) is 0 Å². The number of carbonyl (C=O) groups is 2. The Morgan fingerprint density at radius 3 is 2.48 bits per heavy atom. The Hall–Kier alpha value is -1.63. The zero-order chi connectivity index (χ0) is 18.6. The van der Waals surface area contributed by atoms with Crippen LogP contribution in [0.15, 0.2) is 28.3 Å². The SMILES string of the molecule is COC(=O)C1CCC(C=NC(=O)C2=CC(C(F)(F)F)=CCC2Cl)CC1. The lowest BCUT2D eigenvalue weighted by Crippen LogP contribution is -2.24. The van der Waals surface area contributed by atoms with Crippen LogP contribution in [0.25, 0.3) is 0 Å². The highest BCUT2D eigenvalue weighted by Crippen LogP contribution is 2.34. The topological polar surface area (TPSA) is 55.7 Å².